The zero-order valence-electron chi connectivity index (χ0n) is 15.7. The molecule has 27 heavy (non-hydrogen) atoms. The second kappa shape index (κ2) is 11.1. The first kappa shape index (κ1) is 22.3. The molecule has 2 N–H and O–H groups in total. The van der Waals surface area contributed by atoms with Crippen LogP contribution in [0.5, 0.6) is 0 Å². The van der Waals surface area contributed by atoms with Crippen molar-refractivity contribution in [3.8, 4) is 0 Å². The lowest BCUT2D eigenvalue weighted by Gasteiger charge is -2.22. The summed E-state index contributed by atoms with van der Waals surface area (Å²) in [5.74, 6) is -2.13. The van der Waals surface area contributed by atoms with Gasteiger partial charge in [-0.3, -0.25) is 14.4 Å². The summed E-state index contributed by atoms with van der Waals surface area (Å²) in [6.45, 7) is 2.98. The van der Waals surface area contributed by atoms with Crippen LogP contribution in [0.2, 0.25) is 0 Å². The Kier molecular flexibility index (Phi) is 9.12. The van der Waals surface area contributed by atoms with Crippen molar-refractivity contribution in [2.75, 3.05) is 7.11 Å². The van der Waals surface area contributed by atoms with Crippen molar-refractivity contribution in [1.29, 1.82) is 0 Å². The quantitative estimate of drug-likeness (QED) is 0.596. The molecule has 2 atom stereocenters. The van der Waals surface area contributed by atoms with E-state index in [1.807, 2.05) is 0 Å². The maximum absolute atomic E-state index is 13.0. The minimum absolute atomic E-state index is 0.0390. The Morgan fingerprint density at radius 2 is 1.70 bits per heavy atom. The predicted octanol–water partition coefficient (Wildman–Crippen LogP) is 1.29. The van der Waals surface area contributed by atoms with E-state index in [9.17, 15) is 23.6 Å². The number of benzene rings is 1. The number of methoxy groups -OCH3 is 1. The fraction of sp³-hybridized carbons (Fsp3) is 0.474. The molecule has 8 heteroatoms. The van der Waals surface area contributed by atoms with Crippen molar-refractivity contribution in [3.63, 3.8) is 0 Å². The Morgan fingerprint density at radius 1 is 1.07 bits per heavy atom. The Balaban J connectivity index is 2.86. The fourth-order valence-electron chi connectivity index (χ4n) is 2.46. The van der Waals surface area contributed by atoms with Crippen LogP contribution in [0.3, 0.4) is 0 Å². The van der Waals surface area contributed by atoms with E-state index in [1.54, 1.807) is 6.92 Å². The normalized spacial score (nSPS) is 12.6. The summed E-state index contributed by atoms with van der Waals surface area (Å²) in [6.07, 6.45) is 0.683. The minimum Gasteiger partial charge on any atom is -0.467 e. The van der Waals surface area contributed by atoms with Gasteiger partial charge < -0.3 is 15.4 Å². The molecule has 1 aromatic carbocycles. The number of ketones is 1. The van der Waals surface area contributed by atoms with E-state index in [0.29, 0.717) is 12.0 Å². The molecule has 0 spiro atoms. The van der Waals surface area contributed by atoms with E-state index in [1.165, 1.54) is 38.3 Å². The third kappa shape index (κ3) is 7.98. The topological polar surface area (TPSA) is 102 Å². The van der Waals surface area contributed by atoms with Crippen molar-refractivity contribution in [2.24, 2.45) is 0 Å². The van der Waals surface area contributed by atoms with Gasteiger partial charge in [-0.25, -0.2) is 9.18 Å². The number of rotatable bonds is 10. The lowest BCUT2D eigenvalue weighted by molar-refractivity contribution is -0.145. The highest BCUT2D eigenvalue weighted by atomic mass is 19.1. The van der Waals surface area contributed by atoms with E-state index >= 15 is 0 Å². The molecule has 0 heterocycles. The molecular formula is C19H25FN2O5. The number of hydrogen-bond acceptors (Lipinski definition) is 5. The smallest absolute Gasteiger partial charge is 0.328 e. The largest absolute Gasteiger partial charge is 0.467 e. The van der Waals surface area contributed by atoms with E-state index in [4.69, 9.17) is 0 Å². The zero-order chi connectivity index (χ0) is 20.4. The predicted molar refractivity (Wildman–Crippen MR) is 96.2 cm³/mol. The van der Waals surface area contributed by atoms with E-state index < -0.39 is 35.7 Å². The van der Waals surface area contributed by atoms with Gasteiger partial charge in [-0.1, -0.05) is 19.1 Å². The molecule has 148 valence electrons. The molecule has 0 radical (unpaired) electrons. The number of carbonyl (C=O) groups excluding carboxylic acids is 4. The summed E-state index contributed by atoms with van der Waals surface area (Å²) in [5, 5.41) is 5.05. The van der Waals surface area contributed by atoms with E-state index in [0.717, 1.165) is 0 Å². The molecule has 1 aromatic rings. The van der Waals surface area contributed by atoms with Crippen molar-refractivity contribution in [3.05, 3.63) is 35.6 Å². The van der Waals surface area contributed by atoms with Crippen molar-refractivity contribution in [1.82, 2.24) is 10.6 Å². The zero-order valence-corrected chi connectivity index (χ0v) is 15.7. The highest BCUT2D eigenvalue weighted by Gasteiger charge is 2.27. The van der Waals surface area contributed by atoms with Crippen LogP contribution in [0, 0.1) is 5.82 Å². The van der Waals surface area contributed by atoms with Gasteiger partial charge in [-0.2, -0.15) is 0 Å². The van der Waals surface area contributed by atoms with Crippen molar-refractivity contribution >= 4 is 23.6 Å². The van der Waals surface area contributed by atoms with Gasteiger partial charge in [0.1, 0.15) is 23.7 Å². The Labute approximate surface area is 157 Å². The van der Waals surface area contributed by atoms with Crippen LogP contribution in [-0.2, 0) is 30.3 Å². The third-order valence-corrected chi connectivity index (χ3v) is 3.96. The number of amides is 2. The van der Waals surface area contributed by atoms with Crippen molar-refractivity contribution < 1.29 is 28.3 Å². The summed E-state index contributed by atoms with van der Waals surface area (Å²) in [7, 11) is 1.19. The van der Waals surface area contributed by atoms with Gasteiger partial charge >= 0.3 is 5.97 Å². The molecule has 2 amide bonds. The third-order valence-electron chi connectivity index (χ3n) is 3.96. The summed E-state index contributed by atoms with van der Waals surface area (Å²) in [4.78, 5) is 47.5. The van der Waals surface area contributed by atoms with Crippen LogP contribution >= 0.6 is 0 Å². The number of nitrogens with one attached hydrogen (secondary N) is 2. The lowest BCUT2D eigenvalue weighted by Crippen LogP contribution is -2.52. The average molecular weight is 380 g/mol. The number of esters is 1. The van der Waals surface area contributed by atoms with E-state index in [-0.39, 0.29) is 25.0 Å². The Hall–Kier alpha value is -2.77. The first-order valence-electron chi connectivity index (χ1n) is 8.68. The molecule has 7 nitrogen and oxygen atoms in total. The minimum atomic E-state index is -0.998. The fourth-order valence-corrected chi connectivity index (χ4v) is 2.46. The monoisotopic (exact) mass is 380 g/mol. The maximum Gasteiger partial charge on any atom is 0.328 e. The Bertz CT molecular complexity index is 675. The molecule has 0 unspecified atom stereocenters. The van der Waals surface area contributed by atoms with Crippen molar-refractivity contribution in [2.45, 2.75) is 51.6 Å². The van der Waals surface area contributed by atoms with Crippen LogP contribution in [0.25, 0.3) is 0 Å². The number of halogens is 1. The van der Waals surface area contributed by atoms with Gasteiger partial charge in [-0.05, 0) is 24.1 Å². The Morgan fingerprint density at radius 3 is 2.22 bits per heavy atom. The number of Topliss-reactive ketones (excluding diaryl/α,β-unsaturated/α-hetero) is 1. The second-order valence-electron chi connectivity index (χ2n) is 6.10. The molecule has 0 aliphatic carbocycles. The van der Waals surface area contributed by atoms with Crippen LogP contribution in [0.15, 0.2) is 24.3 Å². The van der Waals surface area contributed by atoms with Gasteiger partial charge in [0.2, 0.25) is 11.8 Å². The summed E-state index contributed by atoms with van der Waals surface area (Å²) in [6, 6.07) is 3.58. The SMILES string of the molecule is CCC(=O)CC[C@H](NC(=O)[C@@H](Cc1ccc(F)cc1)NC(C)=O)C(=O)OC. The lowest BCUT2D eigenvalue weighted by atomic mass is 10.0. The second-order valence-corrected chi connectivity index (χ2v) is 6.10. The van der Waals surface area contributed by atoms with Crippen LogP contribution in [0.1, 0.15) is 38.7 Å². The molecule has 0 fully saturated rings. The standard InChI is InChI=1S/C19H25FN2O5/c1-4-15(24)9-10-16(19(26)27-3)22-18(25)17(21-12(2)23)11-13-5-7-14(20)8-6-13/h5-8,16-17H,4,9-11H2,1-3H3,(H,21,23)(H,22,25)/t16-,17+/m0/s1. The van der Waals surface area contributed by atoms with Gasteiger partial charge in [0.25, 0.3) is 0 Å². The number of carbonyl (C=O) groups is 4. The molecule has 0 bridgehead atoms. The first-order valence-corrected chi connectivity index (χ1v) is 8.68. The van der Waals surface area contributed by atoms with Gasteiger partial charge in [0, 0.05) is 26.2 Å². The van der Waals surface area contributed by atoms with Gasteiger partial charge in [0.05, 0.1) is 7.11 Å². The van der Waals surface area contributed by atoms with Crippen LogP contribution in [0.4, 0.5) is 4.39 Å². The maximum atomic E-state index is 13.0. The van der Waals surface area contributed by atoms with Gasteiger partial charge in [-0.15, -0.1) is 0 Å². The highest BCUT2D eigenvalue weighted by Crippen LogP contribution is 2.08. The highest BCUT2D eigenvalue weighted by molar-refractivity contribution is 5.90. The molecular weight excluding hydrogens is 355 g/mol. The van der Waals surface area contributed by atoms with Crippen LogP contribution < -0.4 is 10.6 Å². The molecule has 0 saturated carbocycles. The summed E-state index contributed by atoms with van der Waals surface area (Å²) >= 11 is 0. The summed E-state index contributed by atoms with van der Waals surface area (Å²) < 4.78 is 17.7. The number of hydrogen-bond donors (Lipinski definition) is 2. The number of ether oxygens (including phenoxy) is 1. The molecule has 0 aliphatic heterocycles. The molecule has 0 aromatic heterocycles. The first-order chi connectivity index (χ1) is 12.8. The molecule has 0 aliphatic rings. The van der Waals surface area contributed by atoms with Gasteiger partial charge in [0.15, 0.2) is 0 Å². The average Bonchev–Trinajstić information content (AvgIpc) is 2.64. The molecule has 0 saturated heterocycles. The van der Waals surface area contributed by atoms with E-state index in [2.05, 4.69) is 15.4 Å². The van der Waals surface area contributed by atoms with Crippen LogP contribution in [-0.4, -0.2) is 42.8 Å². The summed E-state index contributed by atoms with van der Waals surface area (Å²) in [5.41, 5.74) is 0.640. The molecule has 1 rings (SSSR count).